The Morgan fingerprint density at radius 1 is 0.737 bits per heavy atom. The van der Waals surface area contributed by atoms with Crippen molar-refractivity contribution in [1.29, 1.82) is 5.26 Å². The molecule has 2 aromatic carbocycles. The fourth-order valence-corrected chi connectivity index (χ4v) is 4.72. The fraction of sp³-hybridized carbons (Fsp3) is 0.545. The molecular weight excluding hydrogens is 470 g/mol. The molecule has 0 aliphatic heterocycles. The summed E-state index contributed by atoms with van der Waals surface area (Å²) in [4.78, 5) is 10.4. The molecule has 0 saturated heterocycles. The number of nitrogens with one attached hydrogen (secondary N) is 1. The maximum Gasteiger partial charge on any atom is 0.287 e. The molecule has 0 atom stereocenters. The van der Waals surface area contributed by atoms with Crippen LogP contribution in [0.1, 0.15) is 126 Å². The molecule has 0 saturated carbocycles. The molecule has 5 nitrogen and oxygen atoms in total. The second-order valence-corrected chi connectivity index (χ2v) is 10.3. The van der Waals surface area contributed by atoms with Crippen LogP contribution in [0.2, 0.25) is 0 Å². The van der Waals surface area contributed by atoms with Crippen molar-refractivity contribution >= 4 is 23.5 Å². The van der Waals surface area contributed by atoms with Crippen LogP contribution in [0.15, 0.2) is 42.5 Å². The van der Waals surface area contributed by atoms with E-state index in [1.54, 1.807) is 12.1 Å². The van der Waals surface area contributed by atoms with Crippen molar-refractivity contribution in [2.24, 2.45) is 0 Å². The van der Waals surface area contributed by atoms with Crippen LogP contribution in [0.3, 0.4) is 0 Å². The maximum absolute atomic E-state index is 11.0. The minimum Gasteiger partial charge on any atom is -0.385 e. The average molecular weight is 518 g/mol. The van der Waals surface area contributed by atoms with E-state index in [9.17, 15) is 10.1 Å². The SMILES string of the molecule is CCCCCCCCCCCCCCCCCCNc1ccc(C=Cc2ccc([N+](=O)[O-])c(C#N)c2)cc1. The number of unbranched alkanes of at least 4 members (excludes halogenated alkanes) is 15. The summed E-state index contributed by atoms with van der Waals surface area (Å²) in [5.41, 5.74) is 2.83. The summed E-state index contributed by atoms with van der Waals surface area (Å²) in [6, 6.07) is 14.7. The van der Waals surface area contributed by atoms with Gasteiger partial charge in [-0.25, -0.2) is 0 Å². The van der Waals surface area contributed by atoms with Crippen LogP contribution < -0.4 is 5.32 Å². The normalized spacial score (nSPS) is 11.1. The first-order valence-corrected chi connectivity index (χ1v) is 14.8. The minimum absolute atomic E-state index is 0.0748. The van der Waals surface area contributed by atoms with E-state index in [1.165, 1.54) is 109 Å². The van der Waals surface area contributed by atoms with Crippen molar-refractivity contribution < 1.29 is 4.92 Å². The van der Waals surface area contributed by atoms with Gasteiger partial charge in [-0.1, -0.05) is 128 Å². The van der Waals surface area contributed by atoms with Gasteiger partial charge in [-0.2, -0.15) is 5.26 Å². The van der Waals surface area contributed by atoms with Crippen LogP contribution in [0.5, 0.6) is 0 Å². The van der Waals surface area contributed by atoms with Crippen LogP contribution in [0, 0.1) is 21.4 Å². The second kappa shape index (κ2) is 19.9. The van der Waals surface area contributed by atoms with Gasteiger partial charge in [-0.15, -0.1) is 0 Å². The van der Waals surface area contributed by atoms with Crippen LogP contribution >= 0.6 is 0 Å². The van der Waals surface area contributed by atoms with E-state index in [1.807, 2.05) is 30.4 Å². The predicted octanol–water partition coefficient (Wildman–Crippen LogP) is 10.3. The van der Waals surface area contributed by atoms with E-state index >= 15 is 0 Å². The van der Waals surface area contributed by atoms with Gasteiger partial charge in [-0.05, 0) is 41.8 Å². The highest BCUT2D eigenvalue weighted by Gasteiger charge is 2.12. The number of rotatable bonds is 21. The summed E-state index contributed by atoms with van der Waals surface area (Å²) in [5, 5.41) is 23.6. The van der Waals surface area contributed by atoms with Gasteiger partial charge >= 0.3 is 0 Å². The molecule has 2 aromatic rings. The molecule has 0 bridgehead atoms. The molecule has 2 rings (SSSR count). The number of hydrogen-bond donors (Lipinski definition) is 1. The molecule has 0 radical (unpaired) electrons. The predicted molar refractivity (Wildman–Crippen MR) is 161 cm³/mol. The van der Waals surface area contributed by atoms with Crippen molar-refractivity contribution in [3.05, 3.63) is 69.3 Å². The summed E-state index contributed by atoms with van der Waals surface area (Å²) >= 11 is 0. The smallest absolute Gasteiger partial charge is 0.287 e. The number of hydrogen-bond acceptors (Lipinski definition) is 4. The lowest BCUT2D eigenvalue weighted by Gasteiger charge is -2.07. The molecular formula is C33H47N3O2. The molecule has 5 heteroatoms. The Hall–Kier alpha value is -3.13. The second-order valence-electron chi connectivity index (χ2n) is 10.3. The Morgan fingerprint density at radius 3 is 1.71 bits per heavy atom. The quantitative estimate of drug-likeness (QED) is 0.0773. The molecule has 0 spiro atoms. The largest absolute Gasteiger partial charge is 0.385 e. The van der Waals surface area contributed by atoms with E-state index in [-0.39, 0.29) is 11.3 Å². The topological polar surface area (TPSA) is 79.0 Å². The Balaban J connectivity index is 1.49. The Kier molecular flexibility index (Phi) is 16.3. The fourth-order valence-electron chi connectivity index (χ4n) is 4.72. The molecule has 206 valence electrons. The van der Waals surface area contributed by atoms with Gasteiger partial charge in [0.15, 0.2) is 0 Å². The molecule has 0 fully saturated rings. The highest BCUT2D eigenvalue weighted by atomic mass is 16.6. The number of nitrogens with zero attached hydrogens (tertiary/aromatic N) is 2. The van der Waals surface area contributed by atoms with E-state index < -0.39 is 4.92 Å². The molecule has 38 heavy (non-hydrogen) atoms. The zero-order valence-corrected chi connectivity index (χ0v) is 23.4. The van der Waals surface area contributed by atoms with Crippen LogP contribution in [-0.2, 0) is 0 Å². The summed E-state index contributed by atoms with van der Waals surface area (Å²) < 4.78 is 0. The van der Waals surface area contributed by atoms with Gasteiger partial charge in [0.05, 0.1) is 4.92 Å². The van der Waals surface area contributed by atoms with Crippen molar-refractivity contribution in [1.82, 2.24) is 0 Å². The summed E-state index contributed by atoms with van der Waals surface area (Å²) in [6.45, 7) is 3.27. The number of nitro benzene ring substituents is 1. The lowest BCUT2D eigenvalue weighted by Crippen LogP contribution is -2.01. The molecule has 1 N–H and O–H groups in total. The van der Waals surface area contributed by atoms with Crippen LogP contribution in [0.25, 0.3) is 12.2 Å². The van der Waals surface area contributed by atoms with Crippen molar-refractivity contribution in [3.63, 3.8) is 0 Å². The highest BCUT2D eigenvalue weighted by Crippen LogP contribution is 2.21. The first-order valence-electron chi connectivity index (χ1n) is 14.8. The summed E-state index contributed by atoms with van der Waals surface area (Å²) in [7, 11) is 0. The summed E-state index contributed by atoms with van der Waals surface area (Å²) in [5.74, 6) is 0. The zero-order valence-electron chi connectivity index (χ0n) is 23.4. The standard InChI is InChI=1S/C33H47N3O2/c1-2-3-4-5-6-7-8-9-10-11-12-13-14-15-16-17-26-35-32-23-20-29(21-24-32)18-19-30-22-25-33(36(37)38)31(27-30)28-34/h18-25,27,35H,2-17,26H2,1H3. The lowest BCUT2D eigenvalue weighted by molar-refractivity contribution is -0.385. The lowest BCUT2D eigenvalue weighted by atomic mass is 10.0. The van der Waals surface area contributed by atoms with Gasteiger partial charge < -0.3 is 5.32 Å². The van der Waals surface area contributed by atoms with E-state index in [2.05, 4.69) is 24.4 Å². The molecule has 0 aromatic heterocycles. The van der Waals surface area contributed by atoms with Gasteiger partial charge in [0, 0.05) is 18.3 Å². The van der Waals surface area contributed by atoms with Crippen molar-refractivity contribution in [2.75, 3.05) is 11.9 Å². The minimum atomic E-state index is -0.530. The first-order chi connectivity index (χ1) is 18.6. The zero-order chi connectivity index (χ0) is 27.3. The van der Waals surface area contributed by atoms with E-state index in [0.717, 1.165) is 23.4 Å². The molecule has 0 heterocycles. The van der Waals surface area contributed by atoms with Gasteiger partial charge in [-0.3, -0.25) is 10.1 Å². The maximum atomic E-state index is 11.0. The monoisotopic (exact) mass is 517 g/mol. The van der Waals surface area contributed by atoms with Crippen LogP contribution in [-0.4, -0.2) is 11.5 Å². The third-order valence-corrected chi connectivity index (χ3v) is 7.08. The Labute approximate surface area is 230 Å². The van der Waals surface area contributed by atoms with Crippen LogP contribution in [0.4, 0.5) is 11.4 Å². The van der Waals surface area contributed by atoms with Gasteiger partial charge in [0.2, 0.25) is 0 Å². The molecule has 0 unspecified atom stereocenters. The summed E-state index contributed by atoms with van der Waals surface area (Å²) in [6.07, 6.45) is 26.0. The number of benzene rings is 2. The van der Waals surface area contributed by atoms with E-state index in [4.69, 9.17) is 5.26 Å². The molecule has 0 aliphatic rings. The third-order valence-electron chi connectivity index (χ3n) is 7.08. The first kappa shape index (κ1) is 31.1. The number of nitriles is 1. The highest BCUT2D eigenvalue weighted by molar-refractivity contribution is 5.72. The third kappa shape index (κ3) is 13.4. The number of anilines is 1. The average Bonchev–Trinajstić information content (AvgIpc) is 2.94. The van der Waals surface area contributed by atoms with Gasteiger partial charge in [0.25, 0.3) is 5.69 Å². The van der Waals surface area contributed by atoms with Crippen molar-refractivity contribution in [3.8, 4) is 6.07 Å². The number of nitro groups is 1. The van der Waals surface area contributed by atoms with Crippen molar-refractivity contribution in [2.45, 2.75) is 110 Å². The van der Waals surface area contributed by atoms with E-state index in [0.29, 0.717) is 0 Å². The molecule has 0 amide bonds. The Bertz CT molecular complexity index is 992. The Morgan fingerprint density at radius 2 is 1.21 bits per heavy atom. The molecule has 0 aliphatic carbocycles. The van der Waals surface area contributed by atoms with Gasteiger partial charge in [0.1, 0.15) is 11.6 Å².